The predicted molar refractivity (Wildman–Crippen MR) is 138 cm³/mol. The molecule has 1 aliphatic rings. The fourth-order valence-electron chi connectivity index (χ4n) is 4.57. The highest BCUT2D eigenvalue weighted by molar-refractivity contribution is 5.36. The molecule has 38 heavy (non-hydrogen) atoms. The van der Waals surface area contributed by atoms with Crippen molar-refractivity contribution in [3.8, 4) is 17.7 Å². The minimum Gasteiger partial charge on any atom is -0.484 e. The summed E-state index contributed by atoms with van der Waals surface area (Å²) in [6.45, 7) is 6.47. The Bertz CT molecular complexity index is 1400. The van der Waals surface area contributed by atoms with Crippen LogP contribution in [0.5, 0.6) is 11.6 Å². The summed E-state index contributed by atoms with van der Waals surface area (Å²) in [5.74, 6) is 1.09. The summed E-state index contributed by atoms with van der Waals surface area (Å²) in [5, 5.41) is 8.88. The Kier molecular flexibility index (Phi) is 7.95. The number of hydrogen-bond donors (Lipinski definition) is 0. The molecule has 0 radical (unpaired) electrons. The molecule has 1 fully saturated rings. The SMILES string of the molecule is CCn1cncc1Cn1ccnc1CN1CCC(Oc2cccc(COc3ccc(C#N)cc3F)n2)CC1. The van der Waals surface area contributed by atoms with Crippen LogP contribution in [0.3, 0.4) is 0 Å². The normalized spacial score (nSPS) is 14.3. The molecule has 9 nitrogen and oxygen atoms in total. The first-order valence-corrected chi connectivity index (χ1v) is 12.8. The maximum Gasteiger partial charge on any atom is 0.213 e. The van der Waals surface area contributed by atoms with Gasteiger partial charge in [0.05, 0.1) is 42.4 Å². The maximum atomic E-state index is 14.1. The van der Waals surface area contributed by atoms with Gasteiger partial charge in [0, 0.05) is 44.3 Å². The predicted octanol–water partition coefficient (Wildman–Crippen LogP) is 4.18. The summed E-state index contributed by atoms with van der Waals surface area (Å²) < 4.78 is 30.2. The van der Waals surface area contributed by atoms with Gasteiger partial charge in [0.15, 0.2) is 11.6 Å². The minimum atomic E-state index is -0.571. The fraction of sp³-hybridized carbons (Fsp3) is 0.357. The lowest BCUT2D eigenvalue weighted by molar-refractivity contribution is 0.0909. The molecule has 0 unspecified atom stereocenters. The standard InChI is InChI=1S/C28H30FN7O2/c1-2-35-20-31-16-23(35)17-36-13-10-32-27(36)18-34-11-8-24(9-12-34)38-28-5-3-4-22(33-28)19-37-26-7-6-21(15-30)14-25(26)29/h3-7,10,13-14,16,20,24H,2,8-9,11-12,17-19H2,1H3. The van der Waals surface area contributed by atoms with E-state index < -0.39 is 5.82 Å². The summed E-state index contributed by atoms with van der Waals surface area (Å²) in [6, 6.07) is 11.5. The lowest BCUT2D eigenvalue weighted by Gasteiger charge is -2.31. The van der Waals surface area contributed by atoms with Crippen LogP contribution in [0.15, 0.2) is 61.3 Å². The zero-order valence-electron chi connectivity index (χ0n) is 21.3. The van der Waals surface area contributed by atoms with Crippen molar-refractivity contribution in [2.45, 2.75) is 52.1 Å². The maximum absolute atomic E-state index is 14.1. The van der Waals surface area contributed by atoms with Crippen LogP contribution in [0.2, 0.25) is 0 Å². The van der Waals surface area contributed by atoms with Crippen LogP contribution in [-0.2, 0) is 26.2 Å². The monoisotopic (exact) mass is 515 g/mol. The van der Waals surface area contributed by atoms with Crippen molar-refractivity contribution in [3.05, 3.63) is 89.9 Å². The number of nitrogens with zero attached hydrogens (tertiary/aromatic N) is 7. The molecule has 10 heteroatoms. The van der Waals surface area contributed by atoms with E-state index in [0.29, 0.717) is 11.6 Å². The largest absolute Gasteiger partial charge is 0.484 e. The number of aryl methyl sites for hydroxylation is 1. The number of nitriles is 1. The van der Waals surface area contributed by atoms with Crippen molar-refractivity contribution in [1.29, 1.82) is 5.26 Å². The molecule has 5 rings (SSSR count). The lowest BCUT2D eigenvalue weighted by atomic mass is 10.1. The molecule has 3 aromatic heterocycles. The van der Waals surface area contributed by atoms with Crippen molar-refractivity contribution < 1.29 is 13.9 Å². The van der Waals surface area contributed by atoms with Crippen molar-refractivity contribution in [3.63, 3.8) is 0 Å². The van der Waals surface area contributed by atoms with Gasteiger partial charge in [0.25, 0.3) is 0 Å². The summed E-state index contributed by atoms with van der Waals surface area (Å²) in [6.07, 6.45) is 9.51. The third-order valence-corrected chi connectivity index (χ3v) is 6.68. The number of ether oxygens (including phenoxy) is 2. The molecule has 196 valence electrons. The van der Waals surface area contributed by atoms with Gasteiger partial charge in [-0.15, -0.1) is 0 Å². The first-order chi connectivity index (χ1) is 18.6. The number of hydrogen-bond acceptors (Lipinski definition) is 7. The Morgan fingerprint density at radius 2 is 2.00 bits per heavy atom. The third kappa shape index (κ3) is 6.18. The number of benzene rings is 1. The second-order valence-corrected chi connectivity index (χ2v) is 9.25. The van der Waals surface area contributed by atoms with Crippen LogP contribution in [0.4, 0.5) is 4.39 Å². The highest BCUT2D eigenvalue weighted by Gasteiger charge is 2.22. The van der Waals surface area contributed by atoms with Crippen molar-refractivity contribution >= 4 is 0 Å². The summed E-state index contributed by atoms with van der Waals surface area (Å²) in [5.41, 5.74) is 2.06. The lowest BCUT2D eigenvalue weighted by Crippen LogP contribution is -2.38. The van der Waals surface area contributed by atoms with E-state index in [1.54, 1.807) is 0 Å². The Labute approximate surface area is 221 Å². The minimum absolute atomic E-state index is 0.0736. The molecule has 1 aliphatic heterocycles. The molecule has 4 heterocycles. The number of imidazole rings is 2. The van der Waals surface area contributed by atoms with E-state index in [4.69, 9.17) is 14.7 Å². The van der Waals surface area contributed by atoms with Crippen molar-refractivity contribution in [1.82, 2.24) is 29.0 Å². The molecule has 0 N–H and O–H groups in total. The third-order valence-electron chi connectivity index (χ3n) is 6.68. The molecular formula is C28H30FN7O2. The zero-order chi connectivity index (χ0) is 26.3. The van der Waals surface area contributed by atoms with Crippen molar-refractivity contribution in [2.24, 2.45) is 0 Å². The zero-order valence-corrected chi connectivity index (χ0v) is 21.3. The second kappa shape index (κ2) is 11.9. The van der Waals surface area contributed by atoms with E-state index in [0.717, 1.165) is 57.5 Å². The average Bonchev–Trinajstić information content (AvgIpc) is 3.58. The van der Waals surface area contributed by atoms with E-state index in [-0.39, 0.29) is 24.0 Å². The topological polar surface area (TPSA) is 94.0 Å². The van der Waals surface area contributed by atoms with E-state index >= 15 is 0 Å². The molecule has 0 spiro atoms. The van der Waals surface area contributed by atoms with Crippen LogP contribution in [-0.4, -0.2) is 48.2 Å². The molecule has 1 saturated heterocycles. The van der Waals surface area contributed by atoms with Gasteiger partial charge in [-0.05, 0) is 44.0 Å². The molecule has 0 atom stereocenters. The van der Waals surface area contributed by atoms with Gasteiger partial charge < -0.3 is 18.6 Å². The first kappa shape index (κ1) is 25.4. The van der Waals surface area contributed by atoms with Gasteiger partial charge >= 0.3 is 0 Å². The Morgan fingerprint density at radius 1 is 1.13 bits per heavy atom. The molecule has 4 aromatic rings. The molecule has 1 aromatic carbocycles. The molecule has 0 amide bonds. The number of pyridine rings is 1. The van der Waals surface area contributed by atoms with Gasteiger partial charge in [0.1, 0.15) is 18.5 Å². The highest BCUT2D eigenvalue weighted by Crippen LogP contribution is 2.22. The van der Waals surface area contributed by atoms with Gasteiger partial charge in [-0.25, -0.2) is 19.3 Å². The van der Waals surface area contributed by atoms with Crippen LogP contribution in [0.25, 0.3) is 0 Å². The number of likely N-dealkylation sites (tertiary alicyclic amines) is 1. The second-order valence-electron chi connectivity index (χ2n) is 9.25. The van der Waals surface area contributed by atoms with Crippen LogP contribution >= 0.6 is 0 Å². The Morgan fingerprint density at radius 3 is 2.79 bits per heavy atom. The van der Waals surface area contributed by atoms with Crippen molar-refractivity contribution in [2.75, 3.05) is 13.1 Å². The van der Waals surface area contributed by atoms with E-state index in [1.165, 1.54) is 17.8 Å². The number of rotatable bonds is 10. The Balaban J connectivity index is 1.11. The van der Waals surface area contributed by atoms with E-state index in [9.17, 15) is 4.39 Å². The molecule has 0 saturated carbocycles. The number of piperidine rings is 1. The van der Waals surface area contributed by atoms with Gasteiger partial charge in [-0.2, -0.15) is 5.26 Å². The summed E-state index contributed by atoms with van der Waals surface area (Å²) in [4.78, 5) is 15.8. The van der Waals surface area contributed by atoms with Crippen LogP contribution in [0, 0.1) is 17.1 Å². The van der Waals surface area contributed by atoms with E-state index in [2.05, 4.69) is 35.9 Å². The smallest absolute Gasteiger partial charge is 0.213 e. The van der Waals surface area contributed by atoms with E-state index in [1.807, 2.05) is 49.2 Å². The van der Waals surface area contributed by atoms with Gasteiger partial charge in [0.2, 0.25) is 5.88 Å². The van der Waals surface area contributed by atoms with Gasteiger partial charge in [-0.3, -0.25) is 4.90 Å². The highest BCUT2D eigenvalue weighted by atomic mass is 19.1. The Hall–Kier alpha value is -4.23. The van der Waals surface area contributed by atoms with Gasteiger partial charge in [-0.1, -0.05) is 6.07 Å². The van der Waals surface area contributed by atoms with Crippen LogP contribution in [0.1, 0.15) is 42.5 Å². The van der Waals surface area contributed by atoms with Crippen LogP contribution < -0.4 is 9.47 Å². The fourth-order valence-corrected chi connectivity index (χ4v) is 4.57. The average molecular weight is 516 g/mol. The first-order valence-electron chi connectivity index (χ1n) is 12.8. The quantitative estimate of drug-likeness (QED) is 0.313. The molecule has 0 bridgehead atoms. The summed E-state index contributed by atoms with van der Waals surface area (Å²) >= 11 is 0. The molecule has 0 aliphatic carbocycles. The number of aromatic nitrogens is 5. The molecular weight excluding hydrogens is 485 g/mol. The summed E-state index contributed by atoms with van der Waals surface area (Å²) in [7, 11) is 0. The number of halogens is 1.